The fourth-order valence-corrected chi connectivity index (χ4v) is 2.62. The van der Waals surface area contributed by atoms with Gasteiger partial charge in [0.2, 0.25) is 0 Å². The fourth-order valence-electron chi connectivity index (χ4n) is 2.62. The van der Waals surface area contributed by atoms with E-state index in [2.05, 4.69) is 20.8 Å². The van der Waals surface area contributed by atoms with Gasteiger partial charge in [0, 0.05) is 11.6 Å². The van der Waals surface area contributed by atoms with Crippen LogP contribution in [0, 0.1) is 5.41 Å². The van der Waals surface area contributed by atoms with Crippen molar-refractivity contribution in [3.8, 4) is 0 Å². The van der Waals surface area contributed by atoms with Crippen molar-refractivity contribution in [3.63, 3.8) is 0 Å². The average Bonchev–Trinajstić information content (AvgIpc) is 1.49. The molecule has 1 fully saturated rings. The van der Waals surface area contributed by atoms with Crippen molar-refractivity contribution in [2.45, 2.75) is 51.6 Å². The lowest BCUT2D eigenvalue weighted by molar-refractivity contribution is 0.145. The highest BCUT2D eigenvalue weighted by Gasteiger charge is 2.37. The first-order chi connectivity index (χ1) is 4.81. The van der Waals surface area contributed by atoms with E-state index < -0.39 is 0 Å². The molecular formula is C9H20N2. The lowest BCUT2D eigenvalue weighted by Crippen LogP contribution is -2.51. The largest absolute Gasteiger partial charge is 0.328 e. The average molecular weight is 156 g/mol. The SMILES string of the molecule is CC1(C)CC(N)CC(C)(N)C1. The maximum atomic E-state index is 6.06. The van der Waals surface area contributed by atoms with Crippen molar-refractivity contribution in [2.24, 2.45) is 16.9 Å². The van der Waals surface area contributed by atoms with Gasteiger partial charge < -0.3 is 11.5 Å². The second-order valence-corrected chi connectivity index (χ2v) is 5.16. The second kappa shape index (κ2) is 2.46. The maximum Gasteiger partial charge on any atom is 0.0145 e. The Morgan fingerprint density at radius 3 is 2.09 bits per heavy atom. The van der Waals surface area contributed by atoms with E-state index in [4.69, 9.17) is 11.5 Å². The summed E-state index contributed by atoms with van der Waals surface area (Å²) in [5, 5.41) is 0. The zero-order valence-corrected chi connectivity index (χ0v) is 7.85. The van der Waals surface area contributed by atoms with E-state index in [1.54, 1.807) is 0 Å². The zero-order valence-electron chi connectivity index (χ0n) is 7.85. The molecule has 1 rings (SSSR count). The van der Waals surface area contributed by atoms with Crippen LogP contribution in [0.2, 0.25) is 0 Å². The molecule has 0 aromatic carbocycles. The lowest BCUT2D eigenvalue weighted by Gasteiger charge is -2.43. The molecule has 0 aromatic rings. The van der Waals surface area contributed by atoms with Gasteiger partial charge in [-0.1, -0.05) is 13.8 Å². The summed E-state index contributed by atoms with van der Waals surface area (Å²) in [5.41, 5.74) is 12.3. The van der Waals surface area contributed by atoms with Crippen molar-refractivity contribution >= 4 is 0 Å². The lowest BCUT2D eigenvalue weighted by atomic mass is 9.67. The predicted molar refractivity (Wildman–Crippen MR) is 48.2 cm³/mol. The third-order valence-electron chi connectivity index (χ3n) is 2.43. The molecular weight excluding hydrogens is 136 g/mol. The van der Waals surface area contributed by atoms with Gasteiger partial charge in [0.05, 0.1) is 0 Å². The Hall–Kier alpha value is -0.0800. The molecule has 0 aromatic heterocycles. The van der Waals surface area contributed by atoms with Crippen LogP contribution in [0.25, 0.3) is 0 Å². The Morgan fingerprint density at radius 1 is 1.18 bits per heavy atom. The van der Waals surface area contributed by atoms with Crippen LogP contribution in [0.15, 0.2) is 0 Å². The van der Waals surface area contributed by atoms with Crippen LogP contribution in [0.3, 0.4) is 0 Å². The van der Waals surface area contributed by atoms with Crippen molar-refractivity contribution < 1.29 is 0 Å². The molecule has 0 saturated heterocycles. The molecule has 1 aliphatic rings. The minimum Gasteiger partial charge on any atom is -0.328 e. The van der Waals surface area contributed by atoms with E-state index in [9.17, 15) is 0 Å². The highest BCUT2D eigenvalue weighted by Crippen LogP contribution is 2.38. The van der Waals surface area contributed by atoms with Crippen LogP contribution in [-0.4, -0.2) is 11.6 Å². The van der Waals surface area contributed by atoms with E-state index in [0.29, 0.717) is 11.5 Å². The molecule has 0 heterocycles. The van der Waals surface area contributed by atoms with E-state index in [1.165, 1.54) is 0 Å². The number of nitrogens with two attached hydrogens (primary N) is 2. The summed E-state index contributed by atoms with van der Waals surface area (Å²) in [6.45, 7) is 6.60. The van der Waals surface area contributed by atoms with Gasteiger partial charge in [-0.05, 0) is 31.6 Å². The summed E-state index contributed by atoms with van der Waals surface area (Å²) in [6.07, 6.45) is 3.17. The molecule has 2 atom stereocenters. The molecule has 4 N–H and O–H groups in total. The normalized spacial score (nSPS) is 43.9. The summed E-state index contributed by atoms with van der Waals surface area (Å²) >= 11 is 0. The van der Waals surface area contributed by atoms with E-state index in [0.717, 1.165) is 19.3 Å². The van der Waals surface area contributed by atoms with E-state index in [-0.39, 0.29) is 5.54 Å². The molecule has 0 aliphatic heterocycles. The summed E-state index contributed by atoms with van der Waals surface area (Å²) in [5.74, 6) is 0. The maximum absolute atomic E-state index is 6.06. The Labute approximate surface area is 69.3 Å². The predicted octanol–water partition coefficient (Wildman–Crippen LogP) is 1.24. The first-order valence-electron chi connectivity index (χ1n) is 4.35. The van der Waals surface area contributed by atoms with Crippen LogP contribution in [-0.2, 0) is 0 Å². The third kappa shape index (κ3) is 2.46. The molecule has 0 amide bonds. The quantitative estimate of drug-likeness (QED) is 0.554. The first-order valence-corrected chi connectivity index (χ1v) is 4.35. The molecule has 66 valence electrons. The number of hydrogen-bond donors (Lipinski definition) is 2. The summed E-state index contributed by atoms with van der Waals surface area (Å²) < 4.78 is 0. The third-order valence-corrected chi connectivity index (χ3v) is 2.43. The molecule has 1 aliphatic carbocycles. The van der Waals surface area contributed by atoms with Gasteiger partial charge in [0.1, 0.15) is 0 Å². The topological polar surface area (TPSA) is 52.0 Å². The molecule has 0 spiro atoms. The molecule has 11 heavy (non-hydrogen) atoms. The molecule has 2 heteroatoms. The van der Waals surface area contributed by atoms with Crippen molar-refractivity contribution in [1.29, 1.82) is 0 Å². The standard InChI is InChI=1S/C9H20N2/c1-8(2)4-7(10)5-9(3,11)6-8/h7H,4-6,10-11H2,1-3H3. The monoisotopic (exact) mass is 156 g/mol. The van der Waals surface area contributed by atoms with E-state index >= 15 is 0 Å². The molecule has 1 saturated carbocycles. The van der Waals surface area contributed by atoms with Gasteiger partial charge in [0.25, 0.3) is 0 Å². The number of rotatable bonds is 0. The Bertz CT molecular complexity index is 134. The van der Waals surface area contributed by atoms with Crippen LogP contribution in [0.1, 0.15) is 40.0 Å². The molecule has 2 unspecified atom stereocenters. The van der Waals surface area contributed by atoms with Crippen LogP contribution in [0.4, 0.5) is 0 Å². The first kappa shape index (κ1) is 9.01. The van der Waals surface area contributed by atoms with Crippen LogP contribution in [0.5, 0.6) is 0 Å². The fraction of sp³-hybridized carbons (Fsp3) is 1.00. The molecule has 2 nitrogen and oxygen atoms in total. The zero-order chi connectivity index (χ0) is 8.70. The minimum absolute atomic E-state index is 0.0405. The highest BCUT2D eigenvalue weighted by atomic mass is 14.8. The van der Waals surface area contributed by atoms with Gasteiger partial charge in [-0.15, -0.1) is 0 Å². The van der Waals surface area contributed by atoms with Crippen molar-refractivity contribution in [1.82, 2.24) is 0 Å². The number of hydrogen-bond acceptors (Lipinski definition) is 2. The van der Waals surface area contributed by atoms with Gasteiger partial charge >= 0.3 is 0 Å². The smallest absolute Gasteiger partial charge is 0.0145 e. The van der Waals surface area contributed by atoms with Crippen molar-refractivity contribution in [3.05, 3.63) is 0 Å². The van der Waals surface area contributed by atoms with Gasteiger partial charge in [-0.3, -0.25) is 0 Å². The summed E-state index contributed by atoms with van der Waals surface area (Å²) in [7, 11) is 0. The molecule has 0 bridgehead atoms. The van der Waals surface area contributed by atoms with Gasteiger partial charge in [-0.2, -0.15) is 0 Å². The van der Waals surface area contributed by atoms with Crippen molar-refractivity contribution in [2.75, 3.05) is 0 Å². The minimum atomic E-state index is -0.0405. The van der Waals surface area contributed by atoms with Gasteiger partial charge in [-0.25, -0.2) is 0 Å². The van der Waals surface area contributed by atoms with Crippen LogP contribution < -0.4 is 11.5 Å². The Kier molecular flexibility index (Phi) is 2.01. The van der Waals surface area contributed by atoms with Crippen LogP contribution >= 0.6 is 0 Å². The summed E-state index contributed by atoms with van der Waals surface area (Å²) in [4.78, 5) is 0. The van der Waals surface area contributed by atoms with E-state index in [1.807, 2.05) is 0 Å². The molecule has 0 radical (unpaired) electrons. The highest BCUT2D eigenvalue weighted by molar-refractivity contribution is 4.95. The van der Waals surface area contributed by atoms with Gasteiger partial charge in [0.15, 0.2) is 0 Å². The summed E-state index contributed by atoms with van der Waals surface area (Å²) in [6, 6.07) is 0.300. The Balaban J connectivity index is 2.66. The Morgan fingerprint density at radius 2 is 1.73 bits per heavy atom. The second-order valence-electron chi connectivity index (χ2n) is 5.16.